The number of rotatable bonds is 6. The normalized spacial score (nSPS) is 12.2. The van der Waals surface area contributed by atoms with Crippen LogP contribution in [0.15, 0.2) is 33.1 Å². The Balaban J connectivity index is 1.59. The predicted molar refractivity (Wildman–Crippen MR) is 101 cm³/mol. The van der Waals surface area contributed by atoms with Crippen LogP contribution < -0.4 is 10.2 Å². The molecule has 0 aliphatic carbocycles. The Morgan fingerprint density at radius 2 is 1.93 bits per heavy atom. The van der Waals surface area contributed by atoms with Crippen molar-refractivity contribution in [3.63, 3.8) is 0 Å². The molecule has 3 aromatic rings. The summed E-state index contributed by atoms with van der Waals surface area (Å²) in [7, 11) is 1.92. The lowest BCUT2D eigenvalue weighted by molar-refractivity contribution is -0.886. The molecular formula is C20H25N4O3+. The van der Waals surface area contributed by atoms with Crippen molar-refractivity contribution in [2.75, 3.05) is 18.9 Å². The van der Waals surface area contributed by atoms with Crippen molar-refractivity contribution >= 4 is 11.6 Å². The zero-order valence-corrected chi connectivity index (χ0v) is 16.3. The maximum atomic E-state index is 12.3. The van der Waals surface area contributed by atoms with Gasteiger partial charge in [-0.05, 0) is 51.0 Å². The molecule has 2 heterocycles. The summed E-state index contributed by atoms with van der Waals surface area (Å²) in [5, 5.41) is 11.2. The third kappa shape index (κ3) is 4.43. The summed E-state index contributed by atoms with van der Waals surface area (Å²) < 4.78 is 11.2. The van der Waals surface area contributed by atoms with Crippen molar-refractivity contribution in [1.82, 2.24) is 10.2 Å². The van der Waals surface area contributed by atoms with Gasteiger partial charge in [-0.3, -0.25) is 4.79 Å². The minimum Gasteiger partial charge on any atom is -0.466 e. The molecule has 0 aliphatic rings. The van der Waals surface area contributed by atoms with Crippen molar-refractivity contribution < 1.29 is 18.5 Å². The minimum absolute atomic E-state index is 0.0535. The van der Waals surface area contributed by atoms with Gasteiger partial charge >= 0.3 is 0 Å². The molecule has 0 bridgehead atoms. The van der Waals surface area contributed by atoms with E-state index >= 15 is 0 Å². The van der Waals surface area contributed by atoms with Gasteiger partial charge in [0, 0.05) is 5.69 Å². The highest BCUT2D eigenvalue weighted by Gasteiger charge is 2.18. The van der Waals surface area contributed by atoms with Gasteiger partial charge in [0.2, 0.25) is 0 Å². The molecule has 1 amide bonds. The average molecular weight is 369 g/mol. The molecule has 7 heteroatoms. The van der Waals surface area contributed by atoms with Crippen LogP contribution in [0.5, 0.6) is 0 Å². The lowest BCUT2D eigenvalue weighted by Gasteiger charge is -2.13. The van der Waals surface area contributed by atoms with Gasteiger partial charge in [-0.1, -0.05) is 12.1 Å². The SMILES string of the molecule is Cc1cc(-c2nnc(C[NH+](C)CC(=O)Nc3cccc(C)c3C)o2)c(C)o1. The Morgan fingerprint density at radius 3 is 2.63 bits per heavy atom. The van der Waals surface area contributed by atoms with Gasteiger partial charge in [0.15, 0.2) is 13.1 Å². The highest BCUT2D eigenvalue weighted by molar-refractivity contribution is 5.92. The molecule has 0 aliphatic heterocycles. The molecule has 2 N–H and O–H groups in total. The number of carbonyl (C=O) groups excluding carboxylic acids is 1. The standard InChI is InChI=1S/C20H24N4O3/c1-12-7-6-8-17(14(12)3)21-18(25)10-24(5)11-19-22-23-20(27-19)16-9-13(2)26-15(16)4/h6-9H,10-11H2,1-5H3,(H,21,25)/p+1. The summed E-state index contributed by atoms with van der Waals surface area (Å²) in [6.07, 6.45) is 0. The molecule has 1 aromatic carbocycles. The number of amides is 1. The molecule has 3 rings (SSSR count). The summed E-state index contributed by atoms with van der Waals surface area (Å²) in [6, 6.07) is 7.75. The Kier molecular flexibility index (Phi) is 5.41. The number of anilines is 1. The molecule has 0 fully saturated rings. The fraction of sp³-hybridized carbons (Fsp3) is 0.350. The molecule has 7 nitrogen and oxygen atoms in total. The Morgan fingerprint density at radius 1 is 1.15 bits per heavy atom. The predicted octanol–water partition coefficient (Wildman–Crippen LogP) is 2.22. The molecule has 0 radical (unpaired) electrons. The van der Waals surface area contributed by atoms with Gasteiger partial charge in [-0.15, -0.1) is 10.2 Å². The Labute approximate surface area is 158 Å². The molecule has 2 aromatic heterocycles. The van der Waals surface area contributed by atoms with Crippen molar-refractivity contribution in [2.45, 2.75) is 34.2 Å². The monoisotopic (exact) mass is 369 g/mol. The second-order valence-electron chi connectivity index (χ2n) is 6.93. The Bertz CT molecular complexity index is 958. The maximum absolute atomic E-state index is 12.3. The lowest BCUT2D eigenvalue weighted by Crippen LogP contribution is -3.08. The highest BCUT2D eigenvalue weighted by Crippen LogP contribution is 2.25. The van der Waals surface area contributed by atoms with E-state index in [2.05, 4.69) is 15.5 Å². The fourth-order valence-corrected chi connectivity index (χ4v) is 2.95. The molecule has 0 saturated carbocycles. The zero-order valence-electron chi connectivity index (χ0n) is 16.3. The second-order valence-corrected chi connectivity index (χ2v) is 6.93. The third-order valence-electron chi connectivity index (χ3n) is 4.53. The van der Waals surface area contributed by atoms with Crippen molar-refractivity contribution in [2.24, 2.45) is 0 Å². The van der Waals surface area contributed by atoms with Crippen LogP contribution in [0.4, 0.5) is 5.69 Å². The summed E-state index contributed by atoms with van der Waals surface area (Å²) in [5.41, 5.74) is 3.88. The average Bonchev–Trinajstić information content (AvgIpc) is 3.17. The van der Waals surface area contributed by atoms with Crippen LogP contribution in [0.2, 0.25) is 0 Å². The van der Waals surface area contributed by atoms with Crippen molar-refractivity contribution in [1.29, 1.82) is 0 Å². The van der Waals surface area contributed by atoms with E-state index in [1.54, 1.807) is 0 Å². The van der Waals surface area contributed by atoms with E-state index < -0.39 is 0 Å². The molecule has 0 saturated heterocycles. The second kappa shape index (κ2) is 7.75. The van der Waals surface area contributed by atoms with E-state index in [-0.39, 0.29) is 5.91 Å². The van der Waals surface area contributed by atoms with E-state index in [1.165, 1.54) is 0 Å². The van der Waals surface area contributed by atoms with Crippen molar-refractivity contribution in [3.05, 3.63) is 52.8 Å². The molecular weight excluding hydrogens is 344 g/mol. The maximum Gasteiger partial charge on any atom is 0.279 e. The zero-order chi connectivity index (χ0) is 19.6. The smallest absolute Gasteiger partial charge is 0.279 e. The number of likely N-dealkylation sites (N-methyl/N-ethyl adjacent to an activating group) is 1. The van der Waals surface area contributed by atoms with Crippen LogP contribution >= 0.6 is 0 Å². The first-order valence-corrected chi connectivity index (χ1v) is 8.90. The van der Waals surface area contributed by atoms with Gasteiger partial charge in [0.25, 0.3) is 17.7 Å². The Hall–Kier alpha value is -2.93. The van der Waals surface area contributed by atoms with E-state index in [9.17, 15) is 4.79 Å². The van der Waals surface area contributed by atoms with E-state index in [4.69, 9.17) is 8.83 Å². The molecule has 1 unspecified atom stereocenters. The first-order chi connectivity index (χ1) is 12.8. The van der Waals surface area contributed by atoms with Crippen molar-refractivity contribution in [3.8, 4) is 11.5 Å². The summed E-state index contributed by atoms with van der Waals surface area (Å²) in [4.78, 5) is 13.3. The number of hydrogen-bond acceptors (Lipinski definition) is 5. The van der Waals surface area contributed by atoms with Crippen LogP contribution in [0.3, 0.4) is 0 Å². The number of carbonyl (C=O) groups is 1. The third-order valence-corrected chi connectivity index (χ3v) is 4.53. The molecule has 142 valence electrons. The number of benzene rings is 1. The highest BCUT2D eigenvalue weighted by atomic mass is 16.4. The van der Waals surface area contributed by atoms with Crippen LogP contribution in [-0.2, 0) is 11.3 Å². The topological polar surface area (TPSA) is 85.6 Å². The molecule has 1 atom stereocenters. The number of hydrogen-bond donors (Lipinski definition) is 2. The summed E-state index contributed by atoms with van der Waals surface area (Å²) in [5.74, 6) is 2.42. The fourth-order valence-electron chi connectivity index (χ4n) is 2.95. The number of nitrogens with one attached hydrogen (secondary N) is 2. The first kappa shape index (κ1) is 18.8. The summed E-state index contributed by atoms with van der Waals surface area (Å²) >= 11 is 0. The summed E-state index contributed by atoms with van der Waals surface area (Å²) in [6.45, 7) is 8.53. The van der Waals surface area contributed by atoms with Crippen LogP contribution in [0.1, 0.15) is 28.5 Å². The number of quaternary nitrogens is 1. The van der Waals surface area contributed by atoms with E-state index in [0.29, 0.717) is 24.9 Å². The number of aromatic nitrogens is 2. The molecule has 27 heavy (non-hydrogen) atoms. The van der Waals surface area contributed by atoms with Gasteiger partial charge in [-0.2, -0.15) is 0 Å². The quantitative estimate of drug-likeness (QED) is 0.696. The van der Waals surface area contributed by atoms with E-state index in [0.717, 1.165) is 38.8 Å². The number of furan rings is 1. The van der Waals surface area contributed by atoms with E-state index in [1.807, 2.05) is 59.0 Å². The number of nitrogens with zero attached hydrogens (tertiary/aromatic N) is 2. The minimum atomic E-state index is -0.0535. The largest absolute Gasteiger partial charge is 0.466 e. The van der Waals surface area contributed by atoms with Gasteiger partial charge < -0.3 is 19.1 Å². The van der Waals surface area contributed by atoms with Crippen LogP contribution in [0.25, 0.3) is 11.5 Å². The van der Waals surface area contributed by atoms with Gasteiger partial charge in [0.1, 0.15) is 11.5 Å². The lowest BCUT2D eigenvalue weighted by atomic mass is 10.1. The molecule has 0 spiro atoms. The van der Waals surface area contributed by atoms with Crippen LogP contribution in [0, 0.1) is 27.7 Å². The van der Waals surface area contributed by atoms with Gasteiger partial charge in [0.05, 0.1) is 12.6 Å². The first-order valence-electron chi connectivity index (χ1n) is 8.90. The van der Waals surface area contributed by atoms with Crippen LogP contribution in [-0.4, -0.2) is 29.7 Å². The number of aryl methyl sites for hydroxylation is 3. The van der Waals surface area contributed by atoms with Gasteiger partial charge in [-0.25, -0.2) is 0 Å².